The number of aldehydes is 1. The van der Waals surface area contributed by atoms with Gasteiger partial charge in [-0.1, -0.05) is 12.1 Å². The van der Waals surface area contributed by atoms with Crippen LogP contribution >= 0.6 is 0 Å². The molecule has 3 rings (SSSR count). The van der Waals surface area contributed by atoms with E-state index in [4.69, 9.17) is 13.9 Å². The first-order valence-corrected chi connectivity index (χ1v) is 9.09. The van der Waals surface area contributed by atoms with Crippen molar-refractivity contribution in [3.8, 4) is 40.0 Å². The van der Waals surface area contributed by atoms with E-state index < -0.39 is 0 Å². The molecule has 3 aromatic rings. The summed E-state index contributed by atoms with van der Waals surface area (Å²) in [6.07, 6.45) is 3.45. The van der Waals surface area contributed by atoms with Crippen LogP contribution < -0.4 is 9.47 Å². The number of hydrogen-bond acceptors (Lipinski definition) is 6. The molecule has 6 heteroatoms. The molecule has 0 atom stereocenters. The van der Waals surface area contributed by atoms with Crippen LogP contribution in [-0.2, 0) is 11.2 Å². The van der Waals surface area contributed by atoms with Crippen molar-refractivity contribution in [3.63, 3.8) is 0 Å². The highest BCUT2D eigenvalue weighted by Gasteiger charge is 2.17. The van der Waals surface area contributed by atoms with E-state index in [-0.39, 0.29) is 11.9 Å². The number of carbonyl (C=O) groups excluding carboxylic acids is 1. The number of methoxy groups -OCH3 is 1. The zero-order valence-electron chi connectivity index (χ0n) is 16.1. The van der Waals surface area contributed by atoms with Crippen LogP contribution in [0.1, 0.15) is 25.8 Å². The predicted octanol–water partition coefficient (Wildman–Crippen LogP) is 4.64. The summed E-state index contributed by atoms with van der Waals surface area (Å²) < 4.78 is 16.7. The van der Waals surface area contributed by atoms with Gasteiger partial charge in [-0.05, 0) is 50.1 Å². The number of oxazole rings is 1. The molecule has 1 heterocycles. The minimum atomic E-state index is -0.0268. The van der Waals surface area contributed by atoms with Gasteiger partial charge in [-0.3, -0.25) is 0 Å². The number of hydrogen-bond donors (Lipinski definition) is 1. The number of nitrogens with zero attached hydrogens (tertiary/aromatic N) is 1. The Morgan fingerprint density at radius 3 is 2.75 bits per heavy atom. The maximum absolute atomic E-state index is 10.8. The molecule has 0 aliphatic heterocycles. The van der Waals surface area contributed by atoms with Crippen LogP contribution in [0, 0.1) is 0 Å². The number of rotatable bonds is 8. The van der Waals surface area contributed by atoms with Gasteiger partial charge >= 0.3 is 0 Å². The van der Waals surface area contributed by atoms with Crippen LogP contribution in [0.4, 0.5) is 0 Å². The SMILES string of the molecule is COc1ccc(-c2nc(-c3cccc(CCC=O)c3OC(C)C)co2)cc1O. The van der Waals surface area contributed by atoms with Crippen molar-refractivity contribution in [2.75, 3.05) is 7.11 Å². The van der Waals surface area contributed by atoms with E-state index in [1.54, 1.807) is 24.5 Å². The lowest BCUT2D eigenvalue weighted by Crippen LogP contribution is -2.09. The molecule has 0 bridgehead atoms. The van der Waals surface area contributed by atoms with Gasteiger partial charge in [0.25, 0.3) is 0 Å². The average Bonchev–Trinajstić information content (AvgIpc) is 3.16. The van der Waals surface area contributed by atoms with E-state index in [2.05, 4.69) is 4.98 Å². The van der Waals surface area contributed by atoms with Crippen molar-refractivity contribution >= 4 is 6.29 Å². The minimum absolute atomic E-state index is 0.0134. The van der Waals surface area contributed by atoms with Gasteiger partial charge in [0.1, 0.15) is 24.0 Å². The number of ether oxygens (including phenoxy) is 2. The Labute approximate surface area is 163 Å². The Balaban J connectivity index is 2.00. The van der Waals surface area contributed by atoms with Crippen LogP contribution in [-0.4, -0.2) is 29.6 Å². The first-order valence-electron chi connectivity index (χ1n) is 9.09. The quantitative estimate of drug-likeness (QED) is 0.572. The predicted molar refractivity (Wildman–Crippen MR) is 106 cm³/mol. The smallest absolute Gasteiger partial charge is 0.226 e. The molecule has 0 unspecified atom stereocenters. The van der Waals surface area contributed by atoms with Crippen molar-refractivity contribution in [1.82, 2.24) is 4.98 Å². The first-order chi connectivity index (χ1) is 13.5. The maximum atomic E-state index is 10.8. The summed E-state index contributed by atoms with van der Waals surface area (Å²) in [5.41, 5.74) is 3.00. The van der Waals surface area contributed by atoms with Crippen LogP contribution in [0.5, 0.6) is 17.2 Å². The van der Waals surface area contributed by atoms with Gasteiger partial charge in [-0.15, -0.1) is 0 Å². The van der Waals surface area contributed by atoms with Crippen molar-refractivity contribution in [2.45, 2.75) is 32.8 Å². The normalized spacial score (nSPS) is 10.9. The van der Waals surface area contributed by atoms with Gasteiger partial charge in [0.05, 0.1) is 13.2 Å². The van der Waals surface area contributed by atoms with Gasteiger partial charge in [0, 0.05) is 17.5 Å². The number of para-hydroxylation sites is 1. The highest BCUT2D eigenvalue weighted by molar-refractivity contribution is 5.71. The summed E-state index contributed by atoms with van der Waals surface area (Å²) in [5, 5.41) is 10.00. The number of benzene rings is 2. The Bertz CT molecular complexity index is 961. The summed E-state index contributed by atoms with van der Waals surface area (Å²) in [5.74, 6) is 1.48. The molecule has 0 saturated heterocycles. The number of phenolic OH excluding ortho intramolecular Hbond substituents is 1. The Kier molecular flexibility index (Phi) is 5.99. The Morgan fingerprint density at radius 2 is 2.07 bits per heavy atom. The molecule has 0 amide bonds. The number of aryl methyl sites for hydroxylation is 1. The zero-order valence-corrected chi connectivity index (χ0v) is 16.1. The van der Waals surface area contributed by atoms with Crippen molar-refractivity contribution < 1.29 is 23.8 Å². The molecule has 28 heavy (non-hydrogen) atoms. The Morgan fingerprint density at radius 1 is 1.25 bits per heavy atom. The lowest BCUT2D eigenvalue weighted by atomic mass is 10.0. The Hall–Kier alpha value is -3.28. The van der Waals surface area contributed by atoms with Gasteiger partial charge < -0.3 is 23.8 Å². The topological polar surface area (TPSA) is 81.8 Å². The molecule has 0 aliphatic rings. The highest BCUT2D eigenvalue weighted by Crippen LogP contribution is 2.37. The van der Waals surface area contributed by atoms with E-state index in [0.29, 0.717) is 41.5 Å². The van der Waals surface area contributed by atoms with Crippen LogP contribution in [0.15, 0.2) is 47.1 Å². The summed E-state index contributed by atoms with van der Waals surface area (Å²) in [7, 11) is 1.49. The van der Waals surface area contributed by atoms with Crippen LogP contribution in [0.2, 0.25) is 0 Å². The summed E-state index contributed by atoms with van der Waals surface area (Å²) in [6.45, 7) is 3.91. The van der Waals surface area contributed by atoms with Gasteiger partial charge in [-0.2, -0.15) is 0 Å². The fourth-order valence-electron chi connectivity index (χ4n) is 2.93. The lowest BCUT2D eigenvalue weighted by Gasteiger charge is -2.17. The van der Waals surface area contributed by atoms with E-state index in [0.717, 1.165) is 17.4 Å². The maximum Gasteiger partial charge on any atom is 0.226 e. The third-order valence-corrected chi connectivity index (χ3v) is 4.19. The third kappa shape index (κ3) is 4.17. The number of aromatic hydroxyl groups is 1. The van der Waals surface area contributed by atoms with Gasteiger partial charge in [0.15, 0.2) is 11.5 Å². The van der Waals surface area contributed by atoms with E-state index in [1.807, 2.05) is 32.0 Å². The highest BCUT2D eigenvalue weighted by atomic mass is 16.5. The monoisotopic (exact) mass is 381 g/mol. The van der Waals surface area contributed by atoms with E-state index in [9.17, 15) is 9.90 Å². The van der Waals surface area contributed by atoms with Gasteiger partial charge in [-0.25, -0.2) is 4.98 Å². The molecular formula is C22H23NO5. The van der Waals surface area contributed by atoms with Crippen molar-refractivity contribution in [3.05, 3.63) is 48.2 Å². The molecule has 6 nitrogen and oxygen atoms in total. The van der Waals surface area contributed by atoms with Crippen molar-refractivity contribution in [2.24, 2.45) is 0 Å². The molecule has 0 spiro atoms. The molecule has 0 aliphatic carbocycles. The number of phenols is 1. The minimum Gasteiger partial charge on any atom is -0.504 e. The molecule has 0 radical (unpaired) electrons. The fourth-order valence-corrected chi connectivity index (χ4v) is 2.93. The molecule has 2 aromatic carbocycles. The van der Waals surface area contributed by atoms with E-state index in [1.165, 1.54) is 7.11 Å². The van der Waals surface area contributed by atoms with Crippen LogP contribution in [0.3, 0.4) is 0 Å². The molecule has 1 aromatic heterocycles. The molecule has 1 N–H and O–H groups in total. The second-order valence-electron chi connectivity index (χ2n) is 6.59. The standard InChI is InChI=1S/C22H23NO5/c1-14(2)28-21-15(7-5-11-24)6-4-8-17(21)18-13-27-22(23-18)16-9-10-20(26-3)19(25)12-16/h4,6,8-14,25H,5,7H2,1-3H3. The molecule has 146 valence electrons. The molecule has 0 fully saturated rings. The molecule has 0 saturated carbocycles. The van der Waals surface area contributed by atoms with Gasteiger partial charge in [0.2, 0.25) is 5.89 Å². The summed E-state index contributed by atoms with van der Waals surface area (Å²) in [6, 6.07) is 10.7. The first kappa shape index (κ1) is 19.5. The summed E-state index contributed by atoms with van der Waals surface area (Å²) in [4.78, 5) is 15.4. The number of aromatic nitrogens is 1. The second kappa shape index (κ2) is 8.61. The zero-order chi connectivity index (χ0) is 20.1. The fraction of sp³-hybridized carbons (Fsp3) is 0.273. The summed E-state index contributed by atoms with van der Waals surface area (Å²) >= 11 is 0. The molecular weight excluding hydrogens is 358 g/mol. The second-order valence-corrected chi connectivity index (χ2v) is 6.59. The average molecular weight is 381 g/mol. The number of carbonyl (C=O) groups is 1. The van der Waals surface area contributed by atoms with Crippen molar-refractivity contribution in [1.29, 1.82) is 0 Å². The van der Waals surface area contributed by atoms with E-state index >= 15 is 0 Å². The lowest BCUT2D eigenvalue weighted by molar-refractivity contribution is -0.107. The third-order valence-electron chi connectivity index (χ3n) is 4.19. The largest absolute Gasteiger partial charge is 0.504 e. The van der Waals surface area contributed by atoms with Crippen LogP contribution in [0.25, 0.3) is 22.7 Å².